The molecule has 0 aromatic heterocycles. The molecule has 2 aliphatic heterocycles. The van der Waals surface area contributed by atoms with Gasteiger partial charge in [0.1, 0.15) is 0 Å². The Hall–Kier alpha value is -3.13. The Kier molecular flexibility index (Phi) is 5.12. The van der Waals surface area contributed by atoms with Gasteiger partial charge < -0.3 is 9.80 Å². The van der Waals surface area contributed by atoms with Crippen LogP contribution in [0.4, 0.5) is 11.4 Å². The Morgan fingerprint density at radius 3 is 2.32 bits per heavy atom. The van der Waals surface area contributed by atoms with Gasteiger partial charge in [0.15, 0.2) is 5.17 Å². The molecule has 0 unspecified atom stereocenters. The lowest BCUT2D eigenvalue weighted by Crippen LogP contribution is -2.47. The summed E-state index contributed by atoms with van der Waals surface area (Å²) >= 11 is 1.28. The van der Waals surface area contributed by atoms with E-state index in [9.17, 15) is 14.9 Å². The number of hydrogen-bond donors (Lipinski definition) is 0. The first-order valence-corrected chi connectivity index (χ1v) is 9.74. The first kappa shape index (κ1) is 18.2. The molecular formula is C20H18N4O3S. The first-order valence-electron chi connectivity index (χ1n) is 8.93. The lowest BCUT2D eigenvalue weighted by Gasteiger charge is -2.36. The number of amides is 1. The predicted octanol–water partition coefficient (Wildman–Crippen LogP) is 3.39. The number of para-hydroxylation sites is 2. The van der Waals surface area contributed by atoms with Crippen molar-refractivity contribution in [3.63, 3.8) is 0 Å². The van der Waals surface area contributed by atoms with E-state index in [1.165, 1.54) is 23.5 Å². The quantitative estimate of drug-likeness (QED) is 0.451. The summed E-state index contributed by atoms with van der Waals surface area (Å²) in [7, 11) is 0. The van der Waals surface area contributed by atoms with E-state index in [2.05, 4.69) is 26.9 Å². The standard InChI is InChI=1S/C20H18N4O3S/c25-19-18(14-15-6-4-5-9-17(15)24(26)27)28-20(21-19)23-12-10-22(11-13-23)16-7-2-1-3-8-16/h1-9,14H,10-13H2/b18-14-. The Labute approximate surface area is 166 Å². The van der Waals surface area contributed by atoms with Gasteiger partial charge in [-0.1, -0.05) is 30.3 Å². The summed E-state index contributed by atoms with van der Waals surface area (Å²) < 4.78 is 0. The molecule has 1 amide bonds. The van der Waals surface area contributed by atoms with Crippen molar-refractivity contribution in [2.45, 2.75) is 0 Å². The van der Waals surface area contributed by atoms with E-state index in [0.717, 1.165) is 26.2 Å². The molecule has 0 aliphatic carbocycles. The Morgan fingerprint density at radius 1 is 0.964 bits per heavy atom. The molecule has 0 N–H and O–H groups in total. The molecule has 0 saturated carbocycles. The highest BCUT2D eigenvalue weighted by Crippen LogP contribution is 2.32. The maximum atomic E-state index is 12.3. The molecule has 1 fully saturated rings. The number of amidine groups is 1. The normalized spacial score (nSPS) is 18.5. The van der Waals surface area contributed by atoms with Gasteiger partial charge in [-0.05, 0) is 36.0 Å². The lowest BCUT2D eigenvalue weighted by atomic mass is 10.1. The van der Waals surface area contributed by atoms with E-state index in [1.54, 1.807) is 24.3 Å². The predicted molar refractivity (Wildman–Crippen MR) is 111 cm³/mol. The maximum Gasteiger partial charge on any atom is 0.286 e. The van der Waals surface area contributed by atoms with Crippen molar-refractivity contribution < 1.29 is 9.72 Å². The van der Waals surface area contributed by atoms with E-state index in [4.69, 9.17) is 0 Å². The van der Waals surface area contributed by atoms with Crippen molar-refractivity contribution in [2.24, 2.45) is 4.99 Å². The van der Waals surface area contributed by atoms with Crippen LogP contribution in [0.25, 0.3) is 6.08 Å². The van der Waals surface area contributed by atoms with Gasteiger partial charge in [0, 0.05) is 37.9 Å². The number of hydrogen-bond acceptors (Lipinski definition) is 6. The van der Waals surface area contributed by atoms with E-state index < -0.39 is 4.92 Å². The maximum absolute atomic E-state index is 12.3. The van der Waals surface area contributed by atoms with E-state index >= 15 is 0 Å². The molecule has 2 aromatic carbocycles. The van der Waals surface area contributed by atoms with Gasteiger partial charge >= 0.3 is 0 Å². The number of nitro groups is 1. The van der Waals surface area contributed by atoms with Gasteiger partial charge in [-0.15, -0.1) is 0 Å². The van der Waals surface area contributed by atoms with Crippen LogP contribution >= 0.6 is 11.8 Å². The minimum absolute atomic E-state index is 0.0201. The zero-order chi connectivity index (χ0) is 19.5. The average Bonchev–Trinajstić information content (AvgIpc) is 3.09. The molecular weight excluding hydrogens is 376 g/mol. The number of carbonyl (C=O) groups is 1. The summed E-state index contributed by atoms with van der Waals surface area (Å²) in [6.45, 7) is 3.24. The molecule has 0 spiro atoms. The van der Waals surface area contributed by atoms with Crippen molar-refractivity contribution in [3.05, 3.63) is 75.2 Å². The molecule has 0 atom stereocenters. The lowest BCUT2D eigenvalue weighted by molar-refractivity contribution is -0.385. The fourth-order valence-electron chi connectivity index (χ4n) is 3.25. The molecule has 8 heteroatoms. The third-order valence-corrected chi connectivity index (χ3v) is 5.75. The molecule has 0 bridgehead atoms. The SMILES string of the molecule is O=C1N=C(N2CCN(c3ccccc3)CC2)S/C1=C\c1ccccc1[N+](=O)[O-]. The molecule has 28 heavy (non-hydrogen) atoms. The average molecular weight is 394 g/mol. The van der Waals surface area contributed by atoms with Crippen molar-refractivity contribution in [1.29, 1.82) is 0 Å². The molecule has 7 nitrogen and oxygen atoms in total. The molecule has 2 heterocycles. The van der Waals surface area contributed by atoms with Gasteiger partial charge in [-0.25, -0.2) is 0 Å². The second-order valence-electron chi connectivity index (χ2n) is 6.44. The first-order chi connectivity index (χ1) is 13.6. The van der Waals surface area contributed by atoms with E-state index in [-0.39, 0.29) is 11.6 Å². The van der Waals surface area contributed by atoms with Gasteiger partial charge in [0.05, 0.1) is 15.4 Å². The zero-order valence-corrected chi connectivity index (χ0v) is 15.8. The van der Waals surface area contributed by atoms with Gasteiger partial charge in [0.25, 0.3) is 11.6 Å². The largest absolute Gasteiger partial charge is 0.368 e. The van der Waals surface area contributed by atoms with Crippen LogP contribution in [0.1, 0.15) is 5.56 Å². The number of aliphatic imine (C=N–C) groups is 1. The van der Waals surface area contributed by atoms with E-state index in [0.29, 0.717) is 15.6 Å². The van der Waals surface area contributed by atoms with E-state index in [1.807, 2.05) is 18.2 Å². The summed E-state index contributed by atoms with van der Waals surface area (Å²) in [5.74, 6) is -0.344. The molecule has 142 valence electrons. The minimum atomic E-state index is -0.443. The second-order valence-corrected chi connectivity index (χ2v) is 7.44. The number of nitro benzene ring substituents is 1. The number of nitrogens with zero attached hydrogens (tertiary/aromatic N) is 4. The molecule has 2 aromatic rings. The summed E-state index contributed by atoms with van der Waals surface area (Å²) in [5.41, 5.74) is 1.58. The van der Waals surface area contributed by atoms with Crippen LogP contribution in [-0.2, 0) is 4.79 Å². The molecule has 2 aliphatic rings. The van der Waals surface area contributed by atoms with Crippen LogP contribution in [0.5, 0.6) is 0 Å². The highest BCUT2D eigenvalue weighted by atomic mass is 32.2. The molecule has 0 radical (unpaired) electrons. The highest BCUT2D eigenvalue weighted by molar-refractivity contribution is 8.18. The summed E-state index contributed by atoms with van der Waals surface area (Å²) in [6.07, 6.45) is 1.56. The van der Waals surface area contributed by atoms with Crippen molar-refractivity contribution in [3.8, 4) is 0 Å². The number of thioether (sulfide) groups is 1. The minimum Gasteiger partial charge on any atom is -0.368 e. The molecule has 4 rings (SSSR count). The summed E-state index contributed by atoms with van der Waals surface area (Å²) in [4.78, 5) is 32.0. The third-order valence-electron chi connectivity index (χ3n) is 4.70. The zero-order valence-electron chi connectivity index (χ0n) is 15.0. The Bertz CT molecular complexity index is 966. The highest BCUT2D eigenvalue weighted by Gasteiger charge is 2.29. The van der Waals surface area contributed by atoms with Crippen molar-refractivity contribution in [1.82, 2.24) is 4.90 Å². The van der Waals surface area contributed by atoms with Crippen LogP contribution in [0, 0.1) is 10.1 Å². The Morgan fingerprint density at radius 2 is 1.61 bits per heavy atom. The van der Waals surface area contributed by atoms with Crippen molar-refractivity contribution in [2.75, 3.05) is 31.1 Å². The number of rotatable bonds is 3. The van der Waals surface area contributed by atoms with Crippen LogP contribution in [0.15, 0.2) is 64.5 Å². The fourth-order valence-corrected chi connectivity index (χ4v) is 4.20. The summed E-state index contributed by atoms with van der Waals surface area (Å²) in [5, 5.41) is 11.8. The Balaban J connectivity index is 1.44. The number of piperazine rings is 1. The number of carbonyl (C=O) groups excluding carboxylic acids is 1. The van der Waals surface area contributed by atoms with Gasteiger partial charge in [-0.3, -0.25) is 14.9 Å². The van der Waals surface area contributed by atoms with Gasteiger partial charge in [0.2, 0.25) is 0 Å². The van der Waals surface area contributed by atoms with Crippen LogP contribution in [0.2, 0.25) is 0 Å². The topological polar surface area (TPSA) is 79.0 Å². The van der Waals surface area contributed by atoms with Crippen LogP contribution in [0.3, 0.4) is 0 Å². The number of benzene rings is 2. The monoisotopic (exact) mass is 394 g/mol. The van der Waals surface area contributed by atoms with Crippen molar-refractivity contribution >= 4 is 40.3 Å². The van der Waals surface area contributed by atoms with Crippen LogP contribution in [-0.4, -0.2) is 47.1 Å². The number of anilines is 1. The third kappa shape index (κ3) is 3.77. The smallest absolute Gasteiger partial charge is 0.286 e. The second kappa shape index (κ2) is 7.85. The molecule has 1 saturated heterocycles. The van der Waals surface area contributed by atoms with Crippen LogP contribution < -0.4 is 4.90 Å². The fraction of sp³-hybridized carbons (Fsp3) is 0.200. The van der Waals surface area contributed by atoms with Gasteiger partial charge in [-0.2, -0.15) is 4.99 Å². The summed E-state index contributed by atoms with van der Waals surface area (Å²) in [6, 6.07) is 16.6.